The predicted molar refractivity (Wildman–Crippen MR) is 57.1 cm³/mol. The van der Waals surface area contributed by atoms with E-state index in [0.29, 0.717) is 0 Å². The second-order valence-corrected chi connectivity index (χ2v) is 3.33. The standard InChI is InChI=1S/C3H6.C2Cl4.2CH2O3/c1-3-2;3-1(4)2(5)6;2*2-1(3)4/h3H,1H2,2H3;;2*(H2,2,3,4)/p-4. The molecule has 0 aromatic heterocycles. The highest BCUT2D eigenvalue weighted by atomic mass is 35.5. The van der Waals surface area contributed by atoms with Crippen LogP contribution in [0.1, 0.15) is 6.92 Å². The Balaban J connectivity index is -0.0000000688. The van der Waals surface area contributed by atoms with Gasteiger partial charge in [0.25, 0.3) is 0 Å². The summed E-state index contributed by atoms with van der Waals surface area (Å²) in [6.45, 7) is 5.25. The molecule has 0 atom stereocenters. The lowest BCUT2D eigenvalue weighted by Crippen LogP contribution is -2.37. The number of carbonyl (C=O) groups is 2. The third-order valence-electron chi connectivity index (χ3n) is 0.143. The molecule has 0 amide bonds. The number of carbonyl (C=O) groups excluding carboxylic acids is 2. The van der Waals surface area contributed by atoms with Gasteiger partial charge in [-0.25, -0.2) is 0 Å². The molecule has 0 N–H and O–H groups in total. The van der Waals surface area contributed by atoms with Gasteiger partial charge >= 0.3 is 0 Å². The highest BCUT2D eigenvalue weighted by Crippen LogP contribution is 2.20. The Hall–Kier alpha value is -0.820. The fraction of sp³-hybridized carbons (Fsp3) is 0.143. The van der Waals surface area contributed by atoms with Crippen molar-refractivity contribution in [3.63, 3.8) is 0 Å². The van der Waals surface area contributed by atoms with E-state index >= 15 is 0 Å². The summed E-state index contributed by atoms with van der Waals surface area (Å²) in [5.41, 5.74) is 0. The fourth-order valence-corrected chi connectivity index (χ4v) is 0. The summed E-state index contributed by atoms with van der Waals surface area (Å²) in [4.78, 5) is 16.7. The van der Waals surface area contributed by atoms with E-state index < -0.39 is 12.3 Å². The minimum absolute atomic E-state index is 0.0988. The summed E-state index contributed by atoms with van der Waals surface area (Å²) in [6.07, 6.45) is -2.92. The monoisotopic (exact) mass is 326 g/mol. The molecule has 0 aromatic carbocycles. The molecule has 102 valence electrons. The number of hydrogen-bond acceptors (Lipinski definition) is 6. The topological polar surface area (TPSA) is 126 Å². The van der Waals surface area contributed by atoms with E-state index in [-0.39, 0.29) is 8.98 Å². The highest BCUT2D eigenvalue weighted by molar-refractivity contribution is 6.67. The molecule has 0 radical (unpaired) electrons. The molecule has 0 saturated carbocycles. The molecule has 0 saturated heterocycles. The van der Waals surface area contributed by atoms with Crippen LogP contribution in [0.5, 0.6) is 0 Å². The molecule has 0 aliphatic carbocycles. The van der Waals surface area contributed by atoms with Crippen molar-refractivity contribution in [1.82, 2.24) is 0 Å². The van der Waals surface area contributed by atoms with Gasteiger partial charge in [-0.1, -0.05) is 52.5 Å². The van der Waals surface area contributed by atoms with Gasteiger partial charge in [-0.15, -0.1) is 6.58 Å². The van der Waals surface area contributed by atoms with Crippen molar-refractivity contribution in [2.45, 2.75) is 6.92 Å². The lowest BCUT2D eigenvalue weighted by Gasteiger charge is -1.96. The van der Waals surface area contributed by atoms with Crippen molar-refractivity contribution in [3.8, 4) is 0 Å². The summed E-state index contributed by atoms with van der Waals surface area (Å²) in [6, 6.07) is 0. The van der Waals surface area contributed by atoms with Crippen LogP contribution >= 0.6 is 46.4 Å². The summed E-state index contributed by atoms with van der Waals surface area (Å²) in [5.74, 6) is 0. The van der Waals surface area contributed by atoms with Crippen LogP contribution in [0.2, 0.25) is 0 Å². The first-order valence-corrected chi connectivity index (χ1v) is 4.73. The molecular weight excluding hydrogens is 322 g/mol. The van der Waals surface area contributed by atoms with Gasteiger partial charge in [0.1, 0.15) is 8.98 Å². The van der Waals surface area contributed by atoms with Gasteiger partial charge < -0.3 is 30.0 Å². The first-order valence-electron chi connectivity index (χ1n) is 3.22. The van der Waals surface area contributed by atoms with Crippen LogP contribution in [0.15, 0.2) is 21.6 Å². The van der Waals surface area contributed by atoms with Gasteiger partial charge in [0.2, 0.25) is 0 Å². The Morgan fingerprint density at radius 3 is 0.941 bits per heavy atom. The minimum atomic E-state index is -2.33. The predicted octanol–water partition coefficient (Wildman–Crippen LogP) is -0.634. The average Bonchev–Trinajstić information content (AvgIpc) is 2.02. The zero-order chi connectivity index (χ0) is 15.0. The maximum Gasteiger partial charge on any atom is 0.136 e. The van der Waals surface area contributed by atoms with Crippen molar-refractivity contribution in [3.05, 3.63) is 21.6 Å². The Kier molecular flexibility index (Phi) is 30.4. The van der Waals surface area contributed by atoms with Crippen LogP contribution in [0.3, 0.4) is 0 Å². The van der Waals surface area contributed by atoms with Crippen molar-refractivity contribution >= 4 is 58.7 Å². The molecule has 0 aliphatic heterocycles. The number of halogens is 4. The Labute approximate surface area is 117 Å². The molecule has 0 aliphatic rings. The van der Waals surface area contributed by atoms with Crippen LogP contribution in [-0.2, 0) is 0 Å². The number of hydrogen-bond donors (Lipinski definition) is 0. The van der Waals surface area contributed by atoms with Gasteiger partial charge in [0, 0.05) is 0 Å². The molecule has 17 heavy (non-hydrogen) atoms. The molecular formula is C7H6Cl4O6-4. The summed E-state index contributed by atoms with van der Waals surface area (Å²) in [5, 5.41) is 33.3. The second-order valence-electron chi connectivity index (χ2n) is 1.43. The highest BCUT2D eigenvalue weighted by Gasteiger charge is 1.88. The SMILES string of the molecule is C=CC.ClC(Cl)=C(Cl)Cl.O=C([O-])[O-].O=C([O-])[O-]. The molecule has 6 nitrogen and oxygen atoms in total. The van der Waals surface area contributed by atoms with Crippen LogP contribution in [-0.4, -0.2) is 12.3 Å². The van der Waals surface area contributed by atoms with Gasteiger partial charge in [0.15, 0.2) is 0 Å². The summed E-state index contributed by atoms with van der Waals surface area (Å²) >= 11 is 20.0. The van der Waals surface area contributed by atoms with Crippen LogP contribution in [0.25, 0.3) is 0 Å². The molecule has 0 unspecified atom stereocenters. The van der Waals surface area contributed by atoms with Gasteiger partial charge in [0.05, 0.1) is 0 Å². The lowest BCUT2D eigenvalue weighted by atomic mass is 10.8. The number of allylic oxidation sites excluding steroid dienone is 1. The molecule has 0 fully saturated rings. The van der Waals surface area contributed by atoms with Crippen LogP contribution < -0.4 is 20.4 Å². The Bertz CT molecular complexity index is 215. The first kappa shape index (κ1) is 25.1. The van der Waals surface area contributed by atoms with Crippen molar-refractivity contribution in [2.75, 3.05) is 0 Å². The van der Waals surface area contributed by atoms with E-state index in [1.165, 1.54) is 0 Å². The van der Waals surface area contributed by atoms with Crippen molar-refractivity contribution in [2.24, 2.45) is 0 Å². The molecule has 0 aromatic rings. The maximum atomic E-state index is 8.33. The van der Waals surface area contributed by atoms with Crippen molar-refractivity contribution < 1.29 is 30.0 Å². The van der Waals surface area contributed by atoms with E-state index in [0.717, 1.165) is 0 Å². The first-order chi connectivity index (χ1) is 7.52. The zero-order valence-corrected chi connectivity index (χ0v) is 11.3. The maximum absolute atomic E-state index is 8.33. The third-order valence-corrected chi connectivity index (χ3v) is 1.29. The number of carboxylic acid groups (broad SMARTS) is 4. The van der Waals surface area contributed by atoms with Crippen LogP contribution in [0, 0.1) is 0 Å². The fourth-order valence-electron chi connectivity index (χ4n) is 0. The summed E-state index contributed by atoms with van der Waals surface area (Å²) < 4.78 is -0.198. The molecule has 0 rings (SSSR count). The van der Waals surface area contributed by atoms with E-state index in [1.807, 2.05) is 6.92 Å². The third kappa shape index (κ3) is 261. The largest absolute Gasteiger partial charge is 0.652 e. The molecule has 0 bridgehead atoms. The smallest absolute Gasteiger partial charge is 0.136 e. The quantitative estimate of drug-likeness (QED) is 0.545. The average molecular weight is 328 g/mol. The molecule has 0 heterocycles. The normalized spacial score (nSPS) is 6.41. The van der Waals surface area contributed by atoms with E-state index in [4.69, 9.17) is 76.4 Å². The molecule has 10 heteroatoms. The van der Waals surface area contributed by atoms with E-state index in [1.54, 1.807) is 6.08 Å². The van der Waals surface area contributed by atoms with E-state index in [9.17, 15) is 0 Å². The van der Waals surface area contributed by atoms with Gasteiger partial charge in [-0.2, -0.15) is 0 Å². The Morgan fingerprint density at radius 2 is 0.941 bits per heavy atom. The minimum Gasteiger partial charge on any atom is -0.652 e. The lowest BCUT2D eigenvalue weighted by molar-refractivity contribution is -0.417. The van der Waals surface area contributed by atoms with Gasteiger partial charge in [-0.05, 0) is 19.2 Å². The van der Waals surface area contributed by atoms with Gasteiger partial charge in [-0.3, -0.25) is 0 Å². The molecule has 0 spiro atoms. The zero-order valence-electron chi connectivity index (χ0n) is 8.25. The number of rotatable bonds is 0. The Morgan fingerprint density at radius 1 is 0.882 bits per heavy atom. The second kappa shape index (κ2) is 20.6. The van der Waals surface area contributed by atoms with E-state index in [2.05, 4.69) is 6.58 Å². The summed E-state index contributed by atoms with van der Waals surface area (Å²) in [7, 11) is 0. The van der Waals surface area contributed by atoms with Crippen LogP contribution in [0.4, 0.5) is 9.59 Å². The van der Waals surface area contributed by atoms with Crippen molar-refractivity contribution in [1.29, 1.82) is 0 Å².